The topological polar surface area (TPSA) is 116 Å². The number of nitriles is 1. The summed E-state index contributed by atoms with van der Waals surface area (Å²) in [4.78, 5) is 35.0. The van der Waals surface area contributed by atoms with Crippen molar-refractivity contribution in [2.75, 3.05) is 13.1 Å². The van der Waals surface area contributed by atoms with Crippen LogP contribution in [-0.2, 0) is 0 Å². The molecule has 0 radical (unpaired) electrons. The fraction of sp³-hybridized carbons (Fsp3) is 0.241. The first-order valence-corrected chi connectivity index (χ1v) is 12.0. The van der Waals surface area contributed by atoms with Gasteiger partial charge in [-0.15, -0.1) is 0 Å². The maximum Gasteiger partial charge on any atom is 0.254 e. The summed E-state index contributed by atoms with van der Waals surface area (Å²) in [7, 11) is 0. The number of H-pyrrole nitrogens is 1. The Morgan fingerprint density at radius 1 is 1.03 bits per heavy atom. The van der Waals surface area contributed by atoms with Gasteiger partial charge >= 0.3 is 0 Å². The maximum atomic E-state index is 13.5. The molecule has 2 heterocycles. The molecule has 1 aliphatic heterocycles. The fourth-order valence-electron chi connectivity index (χ4n) is 5.04. The van der Waals surface area contributed by atoms with Crippen LogP contribution in [0.3, 0.4) is 0 Å². The molecule has 1 aromatic heterocycles. The number of nitrogens with zero attached hydrogens (tertiary/aromatic N) is 3. The van der Waals surface area contributed by atoms with E-state index in [0.29, 0.717) is 41.5 Å². The van der Waals surface area contributed by atoms with Crippen molar-refractivity contribution in [1.82, 2.24) is 14.9 Å². The van der Waals surface area contributed by atoms with Gasteiger partial charge in [-0.2, -0.15) is 5.26 Å². The van der Waals surface area contributed by atoms with E-state index in [1.807, 2.05) is 55.1 Å². The number of carbonyl (C=O) groups excluding carboxylic acids is 2. The van der Waals surface area contributed by atoms with E-state index in [0.717, 1.165) is 40.6 Å². The van der Waals surface area contributed by atoms with E-state index in [9.17, 15) is 9.59 Å². The van der Waals surface area contributed by atoms with Crippen molar-refractivity contribution in [1.29, 1.82) is 5.26 Å². The molecular weight excluding hydrogens is 450 g/mol. The predicted molar refractivity (Wildman–Crippen MR) is 139 cm³/mol. The average Bonchev–Trinajstić information content (AvgIpc) is 3.31. The molecule has 3 N–H and O–H groups in total. The first-order valence-electron chi connectivity index (χ1n) is 12.0. The van der Waals surface area contributed by atoms with Gasteiger partial charge in [0.1, 0.15) is 5.82 Å². The standard InChI is InChI=1S/C29H27N5O2/c1-17-13-18(2)24(15-23(17)28-32-25-8-7-22(27(31)35)14-26(25)33-28)29(36)34-11-9-21(10-12-34)20-5-3-19(16-30)4-6-20/h3-8,13-15,21H,9-12H2,1-2H3,(H2,31,35)(H,32,33). The second-order valence-electron chi connectivity index (χ2n) is 9.46. The van der Waals surface area contributed by atoms with Crippen LogP contribution in [0.4, 0.5) is 0 Å². The molecule has 1 fully saturated rings. The van der Waals surface area contributed by atoms with Gasteiger partial charge in [-0.3, -0.25) is 9.59 Å². The average molecular weight is 478 g/mol. The summed E-state index contributed by atoms with van der Waals surface area (Å²) < 4.78 is 0. The van der Waals surface area contributed by atoms with Gasteiger partial charge in [-0.1, -0.05) is 18.2 Å². The smallest absolute Gasteiger partial charge is 0.254 e. The van der Waals surface area contributed by atoms with Crippen molar-refractivity contribution >= 4 is 22.8 Å². The number of aryl methyl sites for hydroxylation is 2. The molecule has 3 aromatic carbocycles. The molecule has 7 heteroatoms. The van der Waals surface area contributed by atoms with Crippen molar-refractivity contribution in [3.8, 4) is 17.5 Å². The zero-order valence-electron chi connectivity index (χ0n) is 20.3. The Labute approximate surface area is 209 Å². The summed E-state index contributed by atoms with van der Waals surface area (Å²) >= 11 is 0. The number of nitrogens with two attached hydrogens (primary N) is 1. The fourth-order valence-corrected chi connectivity index (χ4v) is 5.04. The van der Waals surface area contributed by atoms with Gasteiger partial charge < -0.3 is 15.6 Å². The molecule has 7 nitrogen and oxygen atoms in total. The third-order valence-electron chi connectivity index (χ3n) is 7.12. The predicted octanol–water partition coefficient (Wildman–Crippen LogP) is 4.84. The maximum absolute atomic E-state index is 13.5. The number of amides is 2. The van der Waals surface area contributed by atoms with E-state index in [1.54, 1.807) is 18.2 Å². The normalized spacial score (nSPS) is 14.1. The van der Waals surface area contributed by atoms with Crippen molar-refractivity contribution in [2.45, 2.75) is 32.6 Å². The second kappa shape index (κ2) is 9.31. The first-order chi connectivity index (χ1) is 17.3. The van der Waals surface area contributed by atoms with E-state index in [4.69, 9.17) is 16.0 Å². The Balaban J connectivity index is 1.38. The number of aromatic nitrogens is 2. The number of nitrogens with one attached hydrogen (secondary N) is 1. The number of rotatable bonds is 4. The van der Waals surface area contributed by atoms with E-state index in [-0.39, 0.29) is 5.91 Å². The quantitative estimate of drug-likeness (QED) is 0.438. The van der Waals surface area contributed by atoms with Crippen molar-refractivity contribution in [3.05, 3.63) is 88.0 Å². The Morgan fingerprint density at radius 3 is 2.42 bits per heavy atom. The van der Waals surface area contributed by atoms with Crippen LogP contribution >= 0.6 is 0 Å². The van der Waals surface area contributed by atoms with Gasteiger partial charge in [0.05, 0.1) is 22.7 Å². The minimum absolute atomic E-state index is 0.0270. The molecule has 0 saturated carbocycles. The number of piperidine rings is 1. The summed E-state index contributed by atoms with van der Waals surface area (Å²) in [6.45, 7) is 5.34. The van der Waals surface area contributed by atoms with Gasteiger partial charge in [0.2, 0.25) is 5.91 Å². The molecule has 0 unspecified atom stereocenters. The molecule has 0 aliphatic carbocycles. The van der Waals surface area contributed by atoms with Gasteiger partial charge in [-0.05, 0) is 85.7 Å². The monoisotopic (exact) mass is 477 g/mol. The second-order valence-corrected chi connectivity index (χ2v) is 9.46. The molecule has 0 bridgehead atoms. The highest BCUT2D eigenvalue weighted by atomic mass is 16.2. The van der Waals surface area contributed by atoms with E-state index >= 15 is 0 Å². The number of fused-ring (bicyclic) bond motifs is 1. The van der Waals surface area contributed by atoms with Crippen molar-refractivity contribution < 1.29 is 9.59 Å². The zero-order chi connectivity index (χ0) is 25.4. The number of aromatic amines is 1. The highest BCUT2D eigenvalue weighted by Crippen LogP contribution is 2.31. The van der Waals surface area contributed by atoms with Crippen LogP contribution < -0.4 is 5.73 Å². The van der Waals surface area contributed by atoms with E-state index in [2.05, 4.69) is 11.1 Å². The van der Waals surface area contributed by atoms with Crippen LogP contribution in [0.25, 0.3) is 22.4 Å². The molecule has 0 atom stereocenters. The zero-order valence-corrected chi connectivity index (χ0v) is 20.3. The molecule has 1 saturated heterocycles. The Hall–Kier alpha value is -4.44. The van der Waals surface area contributed by atoms with Crippen LogP contribution in [0.5, 0.6) is 0 Å². The molecule has 36 heavy (non-hydrogen) atoms. The molecular formula is C29H27N5O2. The Bertz CT molecular complexity index is 1520. The lowest BCUT2D eigenvalue weighted by molar-refractivity contribution is 0.0712. The lowest BCUT2D eigenvalue weighted by Gasteiger charge is -2.32. The molecule has 5 rings (SSSR count). The Morgan fingerprint density at radius 2 is 1.75 bits per heavy atom. The molecule has 2 amide bonds. The van der Waals surface area contributed by atoms with Gasteiger partial charge in [-0.25, -0.2) is 4.98 Å². The van der Waals surface area contributed by atoms with Gasteiger partial charge in [0.15, 0.2) is 0 Å². The van der Waals surface area contributed by atoms with Crippen molar-refractivity contribution in [3.63, 3.8) is 0 Å². The summed E-state index contributed by atoms with van der Waals surface area (Å²) in [5, 5.41) is 9.03. The summed E-state index contributed by atoms with van der Waals surface area (Å²) in [6, 6.07) is 19.0. The molecule has 4 aromatic rings. The number of imidazole rings is 1. The van der Waals surface area contributed by atoms with Crippen LogP contribution in [0.15, 0.2) is 54.6 Å². The minimum atomic E-state index is -0.490. The van der Waals surface area contributed by atoms with E-state index < -0.39 is 5.91 Å². The SMILES string of the molecule is Cc1cc(C)c(-c2nc3ccc(C(N)=O)cc3[nH]2)cc1C(=O)N1CCC(c2ccc(C#N)cc2)CC1. The molecule has 180 valence electrons. The van der Waals surface area contributed by atoms with Crippen LogP contribution in [0.2, 0.25) is 0 Å². The number of primary amides is 1. The summed E-state index contributed by atoms with van der Waals surface area (Å²) in [6.07, 6.45) is 1.78. The number of benzene rings is 3. The molecule has 1 aliphatic rings. The highest BCUT2D eigenvalue weighted by molar-refractivity contribution is 5.98. The van der Waals surface area contributed by atoms with Crippen molar-refractivity contribution in [2.24, 2.45) is 5.73 Å². The number of carbonyl (C=O) groups is 2. The lowest BCUT2D eigenvalue weighted by Crippen LogP contribution is -2.38. The lowest BCUT2D eigenvalue weighted by atomic mass is 9.88. The van der Waals surface area contributed by atoms with Crippen LogP contribution in [-0.4, -0.2) is 39.8 Å². The van der Waals surface area contributed by atoms with Crippen LogP contribution in [0, 0.1) is 25.2 Å². The third-order valence-corrected chi connectivity index (χ3v) is 7.12. The highest BCUT2D eigenvalue weighted by Gasteiger charge is 2.26. The number of hydrogen-bond acceptors (Lipinski definition) is 4. The minimum Gasteiger partial charge on any atom is -0.366 e. The summed E-state index contributed by atoms with van der Waals surface area (Å²) in [5.74, 6) is 0.574. The van der Waals surface area contributed by atoms with Gasteiger partial charge in [0, 0.05) is 29.8 Å². The number of hydrogen-bond donors (Lipinski definition) is 2. The summed E-state index contributed by atoms with van der Waals surface area (Å²) in [5.41, 5.74) is 12.6. The third kappa shape index (κ3) is 4.34. The van der Waals surface area contributed by atoms with Gasteiger partial charge in [0.25, 0.3) is 5.91 Å². The Kier molecular flexibility index (Phi) is 6.03. The van der Waals surface area contributed by atoms with Crippen LogP contribution in [0.1, 0.15) is 61.7 Å². The largest absolute Gasteiger partial charge is 0.366 e. The number of likely N-dealkylation sites (tertiary alicyclic amines) is 1. The first kappa shape index (κ1) is 23.3. The molecule has 0 spiro atoms. The van der Waals surface area contributed by atoms with E-state index in [1.165, 1.54) is 5.56 Å².